The van der Waals surface area contributed by atoms with Crippen molar-refractivity contribution >= 4 is 23.4 Å². The van der Waals surface area contributed by atoms with Crippen molar-refractivity contribution in [3.63, 3.8) is 0 Å². The van der Waals surface area contributed by atoms with Crippen LogP contribution in [0.4, 0.5) is 10.3 Å². The molecule has 9 nitrogen and oxygen atoms in total. The largest absolute Gasteiger partial charge is 0.435 e. The molecule has 0 aliphatic rings. The van der Waals surface area contributed by atoms with E-state index in [1.807, 2.05) is 19.1 Å². The number of carbonyl (C=O) groups is 2. The highest BCUT2D eigenvalue weighted by atomic mass is 19.1. The molecule has 0 aliphatic heterocycles. The molecule has 1 aromatic carbocycles. The van der Waals surface area contributed by atoms with Crippen molar-refractivity contribution in [2.24, 2.45) is 5.73 Å². The molecule has 0 spiro atoms. The minimum absolute atomic E-state index is 0.0283. The number of aryl methyl sites for hydroxylation is 1. The van der Waals surface area contributed by atoms with Crippen molar-refractivity contribution in [3.8, 4) is 11.6 Å². The monoisotopic (exact) mass is 420 g/mol. The fourth-order valence-corrected chi connectivity index (χ4v) is 2.94. The molecular formula is C21H17FN6O3. The fraction of sp³-hybridized carbons (Fsp3) is 0.0952. The van der Waals surface area contributed by atoms with Crippen LogP contribution >= 0.6 is 0 Å². The first-order chi connectivity index (χ1) is 14.9. The van der Waals surface area contributed by atoms with Crippen LogP contribution in [0.5, 0.6) is 11.6 Å². The first-order valence-corrected chi connectivity index (χ1v) is 9.24. The predicted octanol–water partition coefficient (Wildman–Crippen LogP) is 2.64. The van der Waals surface area contributed by atoms with Gasteiger partial charge in [-0.2, -0.15) is 4.98 Å². The number of halogens is 1. The number of ether oxygens (including phenoxy) is 1. The zero-order valence-electron chi connectivity index (χ0n) is 16.4. The molecular weight excluding hydrogens is 403 g/mol. The Kier molecular flexibility index (Phi) is 5.27. The number of nitrogens with zero attached hydrogens (tertiary/aromatic N) is 4. The van der Waals surface area contributed by atoms with E-state index in [-0.39, 0.29) is 29.6 Å². The molecule has 0 unspecified atom stereocenters. The zero-order valence-corrected chi connectivity index (χ0v) is 16.4. The van der Waals surface area contributed by atoms with Gasteiger partial charge in [0.1, 0.15) is 5.56 Å². The number of primary amides is 1. The number of aromatic nitrogens is 4. The highest BCUT2D eigenvalue weighted by molar-refractivity contribution is 5.95. The first kappa shape index (κ1) is 20.0. The average Bonchev–Trinajstić information content (AvgIpc) is 3.14. The van der Waals surface area contributed by atoms with E-state index in [2.05, 4.69) is 20.4 Å². The molecule has 0 bridgehead atoms. The summed E-state index contributed by atoms with van der Waals surface area (Å²) in [6.45, 7) is 1.87. The van der Waals surface area contributed by atoms with Crippen molar-refractivity contribution in [2.75, 3.05) is 5.32 Å². The number of pyridine rings is 2. The Labute approximate surface area is 175 Å². The van der Waals surface area contributed by atoms with Gasteiger partial charge in [-0.1, -0.05) is 12.1 Å². The number of nitrogens with two attached hydrogens (primary N) is 1. The summed E-state index contributed by atoms with van der Waals surface area (Å²) in [6.07, 6.45) is 1.30. The fourth-order valence-electron chi connectivity index (χ4n) is 2.94. The van der Waals surface area contributed by atoms with Gasteiger partial charge in [0.2, 0.25) is 17.7 Å². The Bertz CT molecular complexity index is 1300. The van der Waals surface area contributed by atoms with Crippen molar-refractivity contribution < 1.29 is 18.7 Å². The van der Waals surface area contributed by atoms with E-state index in [4.69, 9.17) is 10.5 Å². The van der Waals surface area contributed by atoms with Gasteiger partial charge < -0.3 is 10.5 Å². The first-order valence-electron chi connectivity index (χ1n) is 9.24. The standard InChI is InChI=1S/C21H17FN6O3/c1-12-4-2-6-17-25-21(27-28(12)17)26-18(29)11-13-7-8-16(15(22)10-13)31-20-14(19(23)30)5-3-9-24-20/h2-10H,11H2,1H3,(H2,23,30)(H,26,27,29). The minimum atomic E-state index is -0.743. The van der Waals surface area contributed by atoms with Crippen LogP contribution in [0.2, 0.25) is 0 Å². The Morgan fingerprint density at radius 3 is 2.77 bits per heavy atom. The maximum absolute atomic E-state index is 14.5. The van der Waals surface area contributed by atoms with Gasteiger partial charge >= 0.3 is 0 Å². The molecule has 31 heavy (non-hydrogen) atoms. The number of benzene rings is 1. The number of amides is 2. The Balaban J connectivity index is 1.46. The molecule has 3 N–H and O–H groups in total. The third-order valence-corrected chi connectivity index (χ3v) is 4.40. The van der Waals surface area contributed by atoms with Gasteiger partial charge in [-0.15, -0.1) is 5.10 Å². The van der Waals surface area contributed by atoms with Crippen LogP contribution in [-0.4, -0.2) is 31.4 Å². The Morgan fingerprint density at radius 2 is 2.03 bits per heavy atom. The summed E-state index contributed by atoms with van der Waals surface area (Å²) >= 11 is 0. The van der Waals surface area contributed by atoms with E-state index in [0.29, 0.717) is 11.2 Å². The van der Waals surface area contributed by atoms with E-state index in [9.17, 15) is 14.0 Å². The maximum Gasteiger partial charge on any atom is 0.254 e. The average molecular weight is 420 g/mol. The summed E-state index contributed by atoms with van der Waals surface area (Å²) in [5.41, 5.74) is 7.19. The number of nitrogens with one attached hydrogen (secondary N) is 1. The van der Waals surface area contributed by atoms with Crippen LogP contribution in [0.25, 0.3) is 5.65 Å². The zero-order chi connectivity index (χ0) is 22.0. The molecule has 10 heteroatoms. The van der Waals surface area contributed by atoms with Gasteiger partial charge in [-0.3, -0.25) is 14.9 Å². The molecule has 4 aromatic rings. The third kappa shape index (κ3) is 4.32. The van der Waals surface area contributed by atoms with Crippen molar-refractivity contribution in [2.45, 2.75) is 13.3 Å². The second-order valence-electron chi connectivity index (χ2n) is 6.68. The molecule has 3 heterocycles. The summed E-state index contributed by atoms with van der Waals surface area (Å²) in [6, 6.07) is 12.5. The van der Waals surface area contributed by atoms with Gasteiger partial charge in [0.15, 0.2) is 17.2 Å². The smallest absolute Gasteiger partial charge is 0.254 e. The van der Waals surface area contributed by atoms with Crippen molar-refractivity contribution in [3.05, 3.63) is 77.4 Å². The second kappa shape index (κ2) is 8.19. The molecule has 0 aliphatic carbocycles. The number of carbonyl (C=O) groups excluding carboxylic acids is 2. The highest BCUT2D eigenvalue weighted by Gasteiger charge is 2.15. The molecule has 0 saturated carbocycles. The number of hydrogen-bond acceptors (Lipinski definition) is 6. The predicted molar refractivity (Wildman–Crippen MR) is 109 cm³/mol. The third-order valence-electron chi connectivity index (χ3n) is 4.40. The van der Waals surface area contributed by atoms with Crippen LogP contribution in [-0.2, 0) is 11.2 Å². The van der Waals surface area contributed by atoms with Crippen LogP contribution in [0.15, 0.2) is 54.7 Å². The van der Waals surface area contributed by atoms with E-state index in [1.54, 1.807) is 10.6 Å². The molecule has 3 aromatic heterocycles. The van der Waals surface area contributed by atoms with E-state index >= 15 is 0 Å². The van der Waals surface area contributed by atoms with Crippen molar-refractivity contribution in [1.82, 2.24) is 19.6 Å². The summed E-state index contributed by atoms with van der Waals surface area (Å²) in [5, 5.41) is 6.83. The van der Waals surface area contributed by atoms with Gasteiger partial charge in [-0.25, -0.2) is 13.9 Å². The lowest BCUT2D eigenvalue weighted by Gasteiger charge is -2.09. The lowest BCUT2D eigenvalue weighted by molar-refractivity contribution is -0.115. The summed E-state index contributed by atoms with van der Waals surface area (Å²) in [7, 11) is 0. The highest BCUT2D eigenvalue weighted by Crippen LogP contribution is 2.26. The summed E-state index contributed by atoms with van der Waals surface area (Å²) in [4.78, 5) is 31.9. The number of fused-ring (bicyclic) bond motifs is 1. The molecule has 156 valence electrons. The maximum atomic E-state index is 14.5. The molecule has 2 amide bonds. The molecule has 0 atom stereocenters. The van der Waals surface area contributed by atoms with Crippen LogP contribution in [0, 0.1) is 12.7 Å². The van der Waals surface area contributed by atoms with E-state index in [0.717, 1.165) is 5.69 Å². The molecule has 0 fully saturated rings. The molecule has 0 saturated heterocycles. The molecule has 4 rings (SSSR count). The number of rotatable bonds is 6. The van der Waals surface area contributed by atoms with Crippen molar-refractivity contribution in [1.29, 1.82) is 0 Å². The van der Waals surface area contributed by atoms with Gasteiger partial charge in [0.25, 0.3) is 5.91 Å². The second-order valence-corrected chi connectivity index (χ2v) is 6.68. The van der Waals surface area contributed by atoms with Gasteiger partial charge in [0.05, 0.1) is 6.42 Å². The lowest BCUT2D eigenvalue weighted by atomic mass is 10.1. The normalized spacial score (nSPS) is 10.8. The summed E-state index contributed by atoms with van der Waals surface area (Å²) in [5.74, 6) is -1.95. The Morgan fingerprint density at radius 1 is 1.19 bits per heavy atom. The molecule has 0 radical (unpaired) electrons. The van der Waals surface area contributed by atoms with Gasteiger partial charge in [-0.05, 0) is 48.9 Å². The SMILES string of the molecule is Cc1cccc2nc(NC(=O)Cc3ccc(Oc4ncccc4C(N)=O)c(F)c3)nn12. The van der Waals surface area contributed by atoms with E-state index < -0.39 is 17.6 Å². The topological polar surface area (TPSA) is 124 Å². The minimum Gasteiger partial charge on any atom is -0.435 e. The summed E-state index contributed by atoms with van der Waals surface area (Å²) < 4.78 is 21.5. The van der Waals surface area contributed by atoms with Crippen LogP contribution < -0.4 is 15.8 Å². The Hall–Kier alpha value is -4.34. The lowest BCUT2D eigenvalue weighted by Crippen LogP contribution is -2.15. The number of hydrogen-bond donors (Lipinski definition) is 2. The quantitative estimate of drug-likeness (QED) is 0.494. The van der Waals surface area contributed by atoms with E-state index in [1.165, 1.54) is 36.5 Å². The van der Waals surface area contributed by atoms with Crippen LogP contribution in [0.1, 0.15) is 21.6 Å². The van der Waals surface area contributed by atoms with Gasteiger partial charge in [0, 0.05) is 11.9 Å². The number of anilines is 1. The van der Waals surface area contributed by atoms with Crippen LogP contribution in [0.3, 0.4) is 0 Å².